The summed E-state index contributed by atoms with van der Waals surface area (Å²) in [6, 6.07) is 7.40. The Bertz CT molecular complexity index is 420. The normalized spacial score (nSPS) is 26.9. The summed E-state index contributed by atoms with van der Waals surface area (Å²) in [6.45, 7) is 4.24. The van der Waals surface area contributed by atoms with E-state index < -0.39 is 11.7 Å². The van der Waals surface area contributed by atoms with Gasteiger partial charge in [0.25, 0.3) is 0 Å². The zero-order chi connectivity index (χ0) is 13.9. The van der Waals surface area contributed by atoms with Crippen LogP contribution in [0.3, 0.4) is 0 Å². The van der Waals surface area contributed by atoms with Crippen LogP contribution < -0.4 is 5.73 Å². The lowest BCUT2D eigenvalue weighted by Gasteiger charge is -2.24. The van der Waals surface area contributed by atoms with Crippen LogP contribution in [-0.2, 0) is 0 Å². The molecule has 4 heteroatoms. The molecule has 1 aliphatic rings. The van der Waals surface area contributed by atoms with Crippen molar-refractivity contribution in [2.75, 3.05) is 25.4 Å². The van der Waals surface area contributed by atoms with Crippen LogP contribution in [0.25, 0.3) is 0 Å². The first-order chi connectivity index (χ1) is 8.96. The first-order valence-electron chi connectivity index (χ1n) is 6.94. The van der Waals surface area contributed by atoms with Crippen molar-refractivity contribution in [2.45, 2.75) is 37.9 Å². The predicted molar refractivity (Wildman–Crippen MR) is 76.7 cm³/mol. The molecule has 1 aliphatic heterocycles. The zero-order valence-electron chi connectivity index (χ0n) is 11.5. The molecular formula is C15H24N2O2. The maximum atomic E-state index is 10.3. The van der Waals surface area contributed by atoms with Gasteiger partial charge >= 0.3 is 0 Å². The maximum absolute atomic E-state index is 10.3. The average molecular weight is 264 g/mol. The van der Waals surface area contributed by atoms with Crippen LogP contribution in [0.2, 0.25) is 0 Å². The average Bonchev–Trinajstić information content (AvgIpc) is 2.51. The van der Waals surface area contributed by atoms with E-state index in [1.807, 2.05) is 31.2 Å². The Morgan fingerprint density at radius 2 is 2.16 bits per heavy atom. The molecule has 1 fully saturated rings. The quantitative estimate of drug-likeness (QED) is 0.724. The van der Waals surface area contributed by atoms with Crippen molar-refractivity contribution in [1.29, 1.82) is 0 Å². The largest absolute Gasteiger partial charge is 0.399 e. The summed E-state index contributed by atoms with van der Waals surface area (Å²) >= 11 is 0. The molecule has 0 aliphatic carbocycles. The van der Waals surface area contributed by atoms with E-state index in [1.165, 1.54) is 0 Å². The number of rotatable bonds is 3. The fraction of sp³-hybridized carbons (Fsp3) is 0.600. The summed E-state index contributed by atoms with van der Waals surface area (Å²) < 4.78 is 0. The summed E-state index contributed by atoms with van der Waals surface area (Å²) in [5.74, 6) is 0. The summed E-state index contributed by atoms with van der Waals surface area (Å²) in [6.07, 6.45) is 2.04. The van der Waals surface area contributed by atoms with Crippen LogP contribution in [0.1, 0.15) is 37.9 Å². The number of nitrogens with two attached hydrogens (primary N) is 1. The monoisotopic (exact) mass is 264 g/mol. The minimum Gasteiger partial charge on any atom is -0.399 e. The molecule has 1 saturated heterocycles. The molecule has 1 heterocycles. The maximum Gasteiger partial charge on any atom is 0.0917 e. The van der Waals surface area contributed by atoms with Crippen LogP contribution in [0, 0.1) is 0 Å². The van der Waals surface area contributed by atoms with Gasteiger partial charge in [0, 0.05) is 18.8 Å². The Labute approximate surface area is 114 Å². The van der Waals surface area contributed by atoms with Gasteiger partial charge in [-0.25, -0.2) is 0 Å². The second-order valence-corrected chi connectivity index (χ2v) is 5.84. The van der Waals surface area contributed by atoms with E-state index in [-0.39, 0.29) is 0 Å². The molecule has 0 spiro atoms. The third-order valence-corrected chi connectivity index (χ3v) is 3.88. The van der Waals surface area contributed by atoms with E-state index in [9.17, 15) is 10.2 Å². The highest BCUT2D eigenvalue weighted by Gasteiger charge is 2.25. The number of nitrogen functional groups attached to an aromatic ring is 1. The number of β-amino-alcohol motifs (C(OH)–C–C–N with tert-alkyl or cyclic N) is 1. The zero-order valence-corrected chi connectivity index (χ0v) is 11.5. The van der Waals surface area contributed by atoms with E-state index >= 15 is 0 Å². The molecule has 2 rings (SSSR count). The van der Waals surface area contributed by atoms with Crippen LogP contribution in [0.5, 0.6) is 0 Å². The molecular weight excluding hydrogens is 240 g/mol. The van der Waals surface area contributed by atoms with Crippen molar-refractivity contribution in [3.8, 4) is 0 Å². The number of likely N-dealkylation sites (tertiary alicyclic amines) is 1. The molecule has 0 aromatic heterocycles. The van der Waals surface area contributed by atoms with E-state index in [1.54, 1.807) is 0 Å². The van der Waals surface area contributed by atoms with Crippen LogP contribution in [0.4, 0.5) is 5.69 Å². The van der Waals surface area contributed by atoms with Gasteiger partial charge in [0.15, 0.2) is 0 Å². The lowest BCUT2D eigenvalue weighted by molar-refractivity contribution is 0.0421. The third kappa shape index (κ3) is 4.20. The van der Waals surface area contributed by atoms with Crippen molar-refractivity contribution < 1.29 is 10.2 Å². The second-order valence-electron chi connectivity index (χ2n) is 5.84. The van der Waals surface area contributed by atoms with E-state index in [0.29, 0.717) is 12.2 Å². The highest BCUT2D eigenvalue weighted by molar-refractivity contribution is 5.41. The molecule has 4 nitrogen and oxygen atoms in total. The molecule has 0 bridgehead atoms. The van der Waals surface area contributed by atoms with Gasteiger partial charge in [-0.15, -0.1) is 0 Å². The standard InChI is InChI=1S/C15H24N2O2/c1-15(19)6-3-8-17(9-7-15)11-14(18)12-4-2-5-13(16)10-12/h2,4-5,10,14,18-19H,3,6-9,11,16H2,1H3. The minimum absolute atomic E-state index is 0.522. The molecule has 0 saturated carbocycles. The second kappa shape index (κ2) is 5.90. The van der Waals surface area contributed by atoms with Gasteiger partial charge in [0.2, 0.25) is 0 Å². The number of hydrogen-bond donors (Lipinski definition) is 3. The van der Waals surface area contributed by atoms with Crippen molar-refractivity contribution in [3.05, 3.63) is 29.8 Å². The first kappa shape index (κ1) is 14.3. The molecule has 0 amide bonds. The number of anilines is 1. The van der Waals surface area contributed by atoms with Crippen molar-refractivity contribution in [3.63, 3.8) is 0 Å². The number of aliphatic hydroxyl groups is 2. The van der Waals surface area contributed by atoms with Gasteiger partial charge in [-0.1, -0.05) is 12.1 Å². The summed E-state index contributed by atoms with van der Waals surface area (Å²) in [7, 11) is 0. The summed E-state index contributed by atoms with van der Waals surface area (Å²) in [5.41, 5.74) is 6.71. The van der Waals surface area contributed by atoms with Crippen LogP contribution >= 0.6 is 0 Å². The van der Waals surface area contributed by atoms with Crippen molar-refractivity contribution in [2.24, 2.45) is 0 Å². The lowest BCUT2D eigenvalue weighted by Crippen LogP contribution is -2.31. The number of hydrogen-bond acceptors (Lipinski definition) is 4. The predicted octanol–water partition coefficient (Wildman–Crippen LogP) is 1.54. The molecule has 2 atom stereocenters. The van der Waals surface area contributed by atoms with Crippen molar-refractivity contribution in [1.82, 2.24) is 4.90 Å². The first-order valence-corrected chi connectivity index (χ1v) is 6.94. The number of benzene rings is 1. The Morgan fingerprint density at radius 1 is 1.37 bits per heavy atom. The molecule has 4 N–H and O–H groups in total. The smallest absolute Gasteiger partial charge is 0.0917 e. The summed E-state index contributed by atoms with van der Waals surface area (Å²) in [5, 5.41) is 20.3. The van der Waals surface area contributed by atoms with Gasteiger partial charge in [-0.2, -0.15) is 0 Å². The van der Waals surface area contributed by atoms with Crippen LogP contribution in [0.15, 0.2) is 24.3 Å². The Kier molecular flexibility index (Phi) is 4.45. The SMILES string of the molecule is CC1(O)CCCN(CC(O)c2cccc(N)c2)CC1. The van der Waals surface area contributed by atoms with Gasteiger partial charge < -0.3 is 20.8 Å². The highest BCUT2D eigenvalue weighted by atomic mass is 16.3. The van der Waals surface area contributed by atoms with Gasteiger partial charge in [-0.3, -0.25) is 0 Å². The van der Waals surface area contributed by atoms with E-state index in [4.69, 9.17) is 5.73 Å². The Morgan fingerprint density at radius 3 is 2.89 bits per heavy atom. The molecule has 19 heavy (non-hydrogen) atoms. The molecule has 106 valence electrons. The fourth-order valence-corrected chi connectivity index (χ4v) is 2.62. The van der Waals surface area contributed by atoms with Crippen molar-refractivity contribution >= 4 is 5.69 Å². The van der Waals surface area contributed by atoms with Gasteiger partial charge in [-0.05, 0) is 50.4 Å². The number of aliphatic hydroxyl groups excluding tert-OH is 1. The van der Waals surface area contributed by atoms with Gasteiger partial charge in [0.1, 0.15) is 0 Å². The molecule has 2 unspecified atom stereocenters. The molecule has 1 aromatic carbocycles. The molecule has 1 aromatic rings. The topological polar surface area (TPSA) is 69.7 Å². The lowest BCUT2D eigenvalue weighted by atomic mass is 9.98. The summed E-state index contributed by atoms with van der Waals surface area (Å²) in [4.78, 5) is 2.22. The fourth-order valence-electron chi connectivity index (χ4n) is 2.62. The van der Waals surface area contributed by atoms with Crippen LogP contribution in [-0.4, -0.2) is 40.3 Å². The highest BCUT2D eigenvalue weighted by Crippen LogP contribution is 2.23. The third-order valence-electron chi connectivity index (χ3n) is 3.88. The molecule has 0 radical (unpaired) electrons. The number of nitrogens with zero attached hydrogens (tertiary/aromatic N) is 1. The van der Waals surface area contributed by atoms with E-state index in [0.717, 1.165) is 37.9 Å². The Hall–Kier alpha value is -1.10. The van der Waals surface area contributed by atoms with Gasteiger partial charge in [0.05, 0.1) is 11.7 Å². The minimum atomic E-state index is -0.559. The van der Waals surface area contributed by atoms with E-state index in [2.05, 4.69) is 4.90 Å². The Balaban J connectivity index is 1.93.